The normalized spacial score (nSPS) is 11.9. The van der Waals surface area contributed by atoms with Crippen LogP contribution in [0.15, 0.2) is 107 Å². The van der Waals surface area contributed by atoms with Gasteiger partial charge in [0.25, 0.3) is 0 Å². The van der Waals surface area contributed by atoms with Crippen LogP contribution in [0.4, 0.5) is 0 Å². The van der Waals surface area contributed by atoms with Crippen LogP contribution in [0.2, 0.25) is 0 Å². The van der Waals surface area contributed by atoms with Crippen molar-refractivity contribution in [1.29, 1.82) is 0 Å². The maximum atomic E-state index is 12.7. The Kier molecular flexibility index (Phi) is 6.46. The van der Waals surface area contributed by atoms with Gasteiger partial charge in [-0.15, -0.1) is 0 Å². The summed E-state index contributed by atoms with van der Waals surface area (Å²) in [5.41, 5.74) is 2.93. The second-order valence-electron chi connectivity index (χ2n) is 9.21. The van der Waals surface area contributed by atoms with E-state index in [4.69, 9.17) is 4.74 Å². The van der Waals surface area contributed by atoms with Crippen molar-refractivity contribution in [2.45, 2.75) is 16.3 Å². The van der Waals surface area contributed by atoms with E-state index in [9.17, 15) is 13.5 Å². The van der Waals surface area contributed by atoms with Gasteiger partial charge < -0.3 is 14.3 Å². The van der Waals surface area contributed by atoms with E-state index in [-0.39, 0.29) is 9.79 Å². The second kappa shape index (κ2) is 9.33. The molecule has 0 aliphatic heterocycles. The number of ether oxygens (including phenoxy) is 1. The van der Waals surface area contributed by atoms with Gasteiger partial charge in [0.2, 0.25) is 9.84 Å². The Labute approximate surface area is 201 Å². The first-order valence-corrected chi connectivity index (χ1v) is 12.4. The van der Waals surface area contributed by atoms with Gasteiger partial charge in [-0.3, -0.25) is 0 Å². The SMILES string of the molecule is C[N+](C)(C)Cc1cc(-c2ccc(Oc3ccc(S(=O)(=O)c4ccccc4)cc3)cc2)ccc1O. The number of hydrogen-bond acceptors (Lipinski definition) is 4. The second-order valence-corrected chi connectivity index (χ2v) is 11.2. The Morgan fingerprint density at radius 1 is 0.706 bits per heavy atom. The zero-order valence-corrected chi connectivity index (χ0v) is 20.3. The Balaban J connectivity index is 1.49. The zero-order chi connectivity index (χ0) is 24.3. The van der Waals surface area contributed by atoms with Crippen molar-refractivity contribution in [2.24, 2.45) is 0 Å². The molecule has 0 saturated heterocycles. The molecule has 0 unspecified atom stereocenters. The summed E-state index contributed by atoms with van der Waals surface area (Å²) in [7, 11) is 2.70. The Hall–Kier alpha value is -3.61. The first-order valence-electron chi connectivity index (χ1n) is 10.9. The van der Waals surface area contributed by atoms with E-state index >= 15 is 0 Å². The molecule has 0 saturated carbocycles. The quantitative estimate of drug-likeness (QED) is 0.339. The van der Waals surface area contributed by atoms with E-state index in [0.717, 1.165) is 27.7 Å². The van der Waals surface area contributed by atoms with Crippen LogP contribution in [-0.2, 0) is 16.4 Å². The average molecular weight is 475 g/mol. The molecule has 4 aromatic carbocycles. The molecule has 0 fully saturated rings. The summed E-state index contributed by atoms with van der Waals surface area (Å²) >= 11 is 0. The largest absolute Gasteiger partial charge is 0.507 e. The van der Waals surface area contributed by atoms with Crippen molar-refractivity contribution >= 4 is 9.84 Å². The van der Waals surface area contributed by atoms with Gasteiger partial charge in [-0.05, 0) is 71.8 Å². The number of sulfone groups is 1. The van der Waals surface area contributed by atoms with Crippen LogP contribution in [0.25, 0.3) is 11.1 Å². The van der Waals surface area contributed by atoms with Crippen molar-refractivity contribution in [3.8, 4) is 28.4 Å². The molecule has 0 aliphatic rings. The molecule has 6 heteroatoms. The highest BCUT2D eigenvalue weighted by atomic mass is 32.2. The Morgan fingerprint density at radius 3 is 1.82 bits per heavy atom. The molecule has 5 nitrogen and oxygen atoms in total. The molecule has 0 atom stereocenters. The van der Waals surface area contributed by atoms with Crippen LogP contribution in [0.5, 0.6) is 17.2 Å². The molecule has 174 valence electrons. The van der Waals surface area contributed by atoms with Crippen LogP contribution in [0.3, 0.4) is 0 Å². The lowest BCUT2D eigenvalue weighted by Gasteiger charge is -2.24. The number of phenols is 1. The van der Waals surface area contributed by atoms with Gasteiger partial charge >= 0.3 is 0 Å². The van der Waals surface area contributed by atoms with Gasteiger partial charge in [0, 0.05) is 5.56 Å². The molecule has 0 heterocycles. The summed E-state index contributed by atoms with van der Waals surface area (Å²) in [4.78, 5) is 0.483. The van der Waals surface area contributed by atoms with E-state index in [2.05, 4.69) is 21.1 Å². The Bertz CT molecular complexity index is 1370. The third-order valence-corrected chi connectivity index (χ3v) is 7.12. The topological polar surface area (TPSA) is 63.6 Å². The molecule has 4 aromatic rings. The fourth-order valence-corrected chi connectivity index (χ4v) is 4.96. The minimum Gasteiger partial charge on any atom is -0.507 e. The summed E-state index contributed by atoms with van der Waals surface area (Å²) in [5.74, 6) is 1.50. The van der Waals surface area contributed by atoms with E-state index in [0.29, 0.717) is 17.2 Å². The van der Waals surface area contributed by atoms with Crippen molar-refractivity contribution in [1.82, 2.24) is 0 Å². The fraction of sp³-hybridized carbons (Fsp3) is 0.143. The van der Waals surface area contributed by atoms with Crippen molar-refractivity contribution in [3.05, 3.63) is 103 Å². The summed E-state index contributed by atoms with van der Waals surface area (Å²) < 4.78 is 32.1. The first kappa shape index (κ1) is 23.5. The summed E-state index contributed by atoms with van der Waals surface area (Å²) in [6.45, 7) is 0.719. The number of quaternary nitrogens is 1. The molecule has 0 radical (unpaired) electrons. The number of phenolic OH excluding ortho intramolecular Hbond substituents is 1. The number of hydrogen-bond donors (Lipinski definition) is 1. The molecule has 0 amide bonds. The monoisotopic (exact) mass is 474 g/mol. The van der Waals surface area contributed by atoms with Gasteiger partial charge in [0.05, 0.1) is 30.9 Å². The van der Waals surface area contributed by atoms with Crippen LogP contribution < -0.4 is 4.74 Å². The smallest absolute Gasteiger partial charge is 0.206 e. The minimum absolute atomic E-state index is 0.221. The summed E-state index contributed by atoms with van der Waals surface area (Å²) in [6, 6.07) is 28.1. The molecule has 1 N–H and O–H groups in total. The molecule has 0 bridgehead atoms. The van der Waals surface area contributed by atoms with Gasteiger partial charge in [-0.25, -0.2) is 8.42 Å². The van der Waals surface area contributed by atoms with Crippen molar-refractivity contribution in [3.63, 3.8) is 0 Å². The van der Waals surface area contributed by atoms with Crippen LogP contribution in [0, 0.1) is 0 Å². The Morgan fingerprint density at radius 2 is 1.24 bits per heavy atom. The van der Waals surface area contributed by atoms with Crippen LogP contribution in [-0.4, -0.2) is 39.2 Å². The average Bonchev–Trinajstić information content (AvgIpc) is 2.81. The van der Waals surface area contributed by atoms with Gasteiger partial charge in [0.1, 0.15) is 23.8 Å². The van der Waals surface area contributed by atoms with E-state index in [1.807, 2.05) is 36.4 Å². The van der Waals surface area contributed by atoms with E-state index < -0.39 is 9.84 Å². The lowest BCUT2D eigenvalue weighted by Crippen LogP contribution is -2.33. The number of aromatic hydroxyl groups is 1. The minimum atomic E-state index is -3.56. The van der Waals surface area contributed by atoms with Gasteiger partial charge in [-0.2, -0.15) is 0 Å². The van der Waals surface area contributed by atoms with Crippen molar-refractivity contribution < 1.29 is 22.7 Å². The molecule has 0 aliphatic carbocycles. The highest BCUT2D eigenvalue weighted by Crippen LogP contribution is 2.30. The van der Waals surface area contributed by atoms with Gasteiger partial charge in [0.15, 0.2) is 0 Å². The van der Waals surface area contributed by atoms with Crippen LogP contribution >= 0.6 is 0 Å². The maximum Gasteiger partial charge on any atom is 0.206 e. The number of nitrogens with zero attached hydrogens (tertiary/aromatic N) is 1. The number of benzene rings is 4. The lowest BCUT2D eigenvalue weighted by molar-refractivity contribution is -0.884. The standard InChI is InChI=1S/C28H27NO4S/c1-29(2,3)20-23-19-22(11-18-28(23)30)21-9-12-24(13-10-21)33-25-14-16-27(17-15-25)34(31,32)26-7-5-4-6-8-26/h4-19H,20H2,1-3H3/p+1. The predicted molar refractivity (Wildman–Crippen MR) is 134 cm³/mol. The van der Waals surface area contributed by atoms with Gasteiger partial charge in [-0.1, -0.05) is 36.4 Å². The fourth-order valence-electron chi connectivity index (χ4n) is 3.68. The molecule has 4 rings (SSSR count). The highest BCUT2D eigenvalue weighted by molar-refractivity contribution is 7.91. The van der Waals surface area contributed by atoms with E-state index in [1.165, 1.54) is 0 Å². The predicted octanol–water partition coefficient (Wildman–Crippen LogP) is 5.89. The summed E-state index contributed by atoms with van der Waals surface area (Å²) in [5, 5.41) is 10.2. The molecular formula is C28H28NO4S+. The summed E-state index contributed by atoms with van der Waals surface area (Å²) in [6.07, 6.45) is 0. The zero-order valence-electron chi connectivity index (χ0n) is 19.5. The lowest BCUT2D eigenvalue weighted by atomic mass is 10.0. The molecule has 0 spiro atoms. The first-order chi connectivity index (χ1) is 16.1. The van der Waals surface area contributed by atoms with Crippen molar-refractivity contribution in [2.75, 3.05) is 21.1 Å². The third-order valence-electron chi connectivity index (χ3n) is 5.34. The molecule has 0 aromatic heterocycles. The maximum absolute atomic E-state index is 12.7. The van der Waals surface area contributed by atoms with E-state index in [1.54, 1.807) is 60.7 Å². The molecule has 34 heavy (non-hydrogen) atoms. The number of rotatable bonds is 7. The van der Waals surface area contributed by atoms with Crippen LogP contribution in [0.1, 0.15) is 5.56 Å². The highest BCUT2D eigenvalue weighted by Gasteiger charge is 2.17. The third kappa shape index (κ3) is 5.47. The molecular weight excluding hydrogens is 446 g/mol.